The number of fused-ring (bicyclic) bond motifs is 2. The molecule has 2 aliphatic rings. The lowest BCUT2D eigenvalue weighted by molar-refractivity contribution is 0.0310. The van der Waals surface area contributed by atoms with Crippen molar-refractivity contribution in [1.82, 2.24) is 9.88 Å². The molecule has 3 rings (SSSR count). The molecule has 20 heavy (non-hydrogen) atoms. The standard InChI is InChI=1S/C14H20N4O2/c15-14(17-20)13-5-9(3-4-16-13)8-18-10-1-2-11(18)7-12(19)6-10/h3-5,10-12,19-20H,1-2,6-8H2,(H2,15,17). The first-order valence-electron chi connectivity index (χ1n) is 7.04. The van der Waals surface area contributed by atoms with Crippen molar-refractivity contribution in [1.29, 1.82) is 0 Å². The molecule has 0 saturated carbocycles. The number of amidine groups is 1. The van der Waals surface area contributed by atoms with Crippen molar-refractivity contribution in [3.63, 3.8) is 0 Å². The molecule has 2 unspecified atom stereocenters. The number of aromatic nitrogens is 1. The number of rotatable bonds is 3. The highest BCUT2D eigenvalue weighted by atomic mass is 16.4. The molecule has 0 amide bonds. The van der Waals surface area contributed by atoms with Gasteiger partial charge in [-0.15, -0.1) is 0 Å². The molecule has 4 N–H and O–H groups in total. The van der Waals surface area contributed by atoms with Gasteiger partial charge in [0, 0.05) is 24.8 Å². The maximum atomic E-state index is 9.83. The molecule has 108 valence electrons. The lowest BCUT2D eigenvalue weighted by Gasteiger charge is -2.37. The predicted octanol–water partition coefficient (Wildman–Crippen LogP) is 0.664. The van der Waals surface area contributed by atoms with Gasteiger partial charge in [-0.3, -0.25) is 9.88 Å². The van der Waals surface area contributed by atoms with E-state index in [1.54, 1.807) is 6.20 Å². The van der Waals surface area contributed by atoms with Crippen LogP contribution in [0.3, 0.4) is 0 Å². The van der Waals surface area contributed by atoms with Gasteiger partial charge in [0.15, 0.2) is 5.84 Å². The largest absolute Gasteiger partial charge is 0.409 e. The number of aliphatic hydroxyl groups excluding tert-OH is 1. The van der Waals surface area contributed by atoms with Crippen LogP contribution in [0.1, 0.15) is 36.9 Å². The van der Waals surface area contributed by atoms with Gasteiger partial charge in [-0.25, -0.2) is 0 Å². The highest BCUT2D eigenvalue weighted by Crippen LogP contribution is 2.36. The normalized spacial score (nSPS) is 30.6. The molecule has 2 bridgehead atoms. The molecule has 6 nitrogen and oxygen atoms in total. The van der Waals surface area contributed by atoms with E-state index in [4.69, 9.17) is 10.9 Å². The quantitative estimate of drug-likeness (QED) is 0.326. The Hall–Kier alpha value is -1.66. The third-order valence-corrected chi connectivity index (χ3v) is 4.42. The Morgan fingerprint density at radius 2 is 2.10 bits per heavy atom. The summed E-state index contributed by atoms with van der Waals surface area (Å²) >= 11 is 0. The van der Waals surface area contributed by atoms with E-state index in [2.05, 4.69) is 15.0 Å². The summed E-state index contributed by atoms with van der Waals surface area (Å²) in [4.78, 5) is 6.57. The maximum absolute atomic E-state index is 9.83. The van der Waals surface area contributed by atoms with E-state index in [9.17, 15) is 5.11 Å². The summed E-state index contributed by atoms with van der Waals surface area (Å²) in [5.41, 5.74) is 7.17. The zero-order chi connectivity index (χ0) is 14.1. The van der Waals surface area contributed by atoms with Crippen LogP contribution in [0.2, 0.25) is 0 Å². The predicted molar refractivity (Wildman–Crippen MR) is 74.3 cm³/mol. The Bertz CT molecular complexity index is 506. The summed E-state index contributed by atoms with van der Waals surface area (Å²) in [6.07, 6.45) is 5.61. The second kappa shape index (κ2) is 5.38. The van der Waals surface area contributed by atoms with E-state index in [-0.39, 0.29) is 11.9 Å². The number of hydrogen-bond acceptors (Lipinski definition) is 5. The van der Waals surface area contributed by atoms with E-state index < -0.39 is 0 Å². The Kier molecular flexibility index (Phi) is 3.58. The summed E-state index contributed by atoms with van der Waals surface area (Å²) in [5, 5.41) is 21.5. The van der Waals surface area contributed by atoms with E-state index in [0.29, 0.717) is 17.8 Å². The van der Waals surface area contributed by atoms with Gasteiger partial charge in [-0.2, -0.15) is 0 Å². The molecular weight excluding hydrogens is 256 g/mol. The topological polar surface area (TPSA) is 95.0 Å². The molecule has 0 radical (unpaired) electrons. The zero-order valence-electron chi connectivity index (χ0n) is 11.3. The van der Waals surface area contributed by atoms with Crippen LogP contribution < -0.4 is 5.73 Å². The van der Waals surface area contributed by atoms with Crippen LogP contribution in [0.4, 0.5) is 0 Å². The van der Waals surface area contributed by atoms with Crippen molar-refractivity contribution in [2.24, 2.45) is 10.9 Å². The number of piperidine rings is 1. The fourth-order valence-corrected chi connectivity index (χ4v) is 3.48. The van der Waals surface area contributed by atoms with Crippen molar-refractivity contribution in [2.75, 3.05) is 0 Å². The molecule has 2 fully saturated rings. The Labute approximate surface area is 117 Å². The number of hydrogen-bond donors (Lipinski definition) is 3. The number of oxime groups is 1. The minimum Gasteiger partial charge on any atom is -0.409 e. The van der Waals surface area contributed by atoms with Crippen molar-refractivity contribution >= 4 is 5.84 Å². The van der Waals surface area contributed by atoms with Crippen molar-refractivity contribution in [3.8, 4) is 0 Å². The Morgan fingerprint density at radius 3 is 2.75 bits per heavy atom. The molecule has 0 aliphatic carbocycles. The van der Waals surface area contributed by atoms with E-state index in [0.717, 1.165) is 24.9 Å². The van der Waals surface area contributed by atoms with E-state index >= 15 is 0 Å². The van der Waals surface area contributed by atoms with Crippen LogP contribution in [0.15, 0.2) is 23.5 Å². The molecule has 2 atom stereocenters. The van der Waals surface area contributed by atoms with Crippen LogP contribution in [0.25, 0.3) is 0 Å². The summed E-state index contributed by atoms with van der Waals surface area (Å²) in [6, 6.07) is 4.77. The van der Waals surface area contributed by atoms with Crippen LogP contribution >= 0.6 is 0 Å². The first kappa shape index (κ1) is 13.3. The van der Waals surface area contributed by atoms with Gasteiger partial charge < -0.3 is 16.0 Å². The SMILES string of the molecule is NC(=NO)c1cc(CN2C3CCC2CC(O)C3)ccn1. The van der Waals surface area contributed by atoms with Crippen molar-refractivity contribution in [2.45, 2.75) is 50.4 Å². The molecule has 0 aromatic carbocycles. The second-order valence-corrected chi connectivity index (χ2v) is 5.72. The fourth-order valence-electron chi connectivity index (χ4n) is 3.48. The van der Waals surface area contributed by atoms with Gasteiger partial charge in [0.1, 0.15) is 5.69 Å². The van der Waals surface area contributed by atoms with Gasteiger partial charge in [-0.05, 0) is 43.4 Å². The van der Waals surface area contributed by atoms with Gasteiger partial charge >= 0.3 is 0 Å². The number of nitrogens with zero attached hydrogens (tertiary/aromatic N) is 3. The molecule has 2 saturated heterocycles. The zero-order valence-corrected chi connectivity index (χ0v) is 11.3. The van der Waals surface area contributed by atoms with E-state index in [1.165, 1.54) is 12.8 Å². The third kappa shape index (κ3) is 2.48. The van der Waals surface area contributed by atoms with Gasteiger partial charge in [-0.1, -0.05) is 5.16 Å². The lowest BCUT2D eigenvalue weighted by Crippen LogP contribution is -2.44. The third-order valence-electron chi connectivity index (χ3n) is 4.42. The van der Waals surface area contributed by atoms with Gasteiger partial charge in [0.2, 0.25) is 0 Å². The second-order valence-electron chi connectivity index (χ2n) is 5.72. The van der Waals surface area contributed by atoms with Crippen LogP contribution in [-0.2, 0) is 6.54 Å². The average molecular weight is 276 g/mol. The Balaban J connectivity index is 1.75. The minimum atomic E-state index is -0.145. The van der Waals surface area contributed by atoms with Gasteiger partial charge in [0.25, 0.3) is 0 Å². The highest BCUT2D eigenvalue weighted by Gasteiger charge is 2.39. The first-order valence-corrected chi connectivity index (χ1v) is 7.04. The maximum Gasteiger partial charge on any atom is 0.188 e. The summed E-state index contributed by atoms with van der Waals surface area (Å²) in [5.74, 6) is 0.0314. The first-order chi connectivity index (χ1) is 9.67. The average Bonchev–Trinajstić information content (AvgIpc) is 2.70. The fraction of sp³-hybridized carbons (Fsp3) is 0.571. The van der Waals surface area contributed by atoms with Crippen molar-refractivity contribution in [3.05, 3.63) is 29.6 Å². The van der Waals surface area contributed by atoms with Crippen molar-refractivity contribution < 1.29 is 10.3 Å². The van der Waals surface area contributed by atoms with E-state index in [1.807, 2.05) is 12.1 Å². The molecular formula is C14H20N4O2. The number of pyridine rings is 1. The summed E-state index contributed by atoms with van der Waals surface area (Å²) in [7, 11) is 0. The molecule has 0 spiro atoms. The van der Waals surface area contributed by atoms with Crippen LogP contribution in [0.5, 0.6) is 0 Å². The molecule has 1 aromatic rings. The number of nitrogens with two attached hydrogens (primary N) is 1. The smallest absolute Gasteiger partial charge is 0.188 e. The lowest BCUT2D eigenvalue weighted by atomic mass is 9.99. The summed E-state index contributed by atoms with van der Waals surface area (Å²) < 4.78 is 0. The monoisotopic (exact) mass is 276 g/mol. The minimum absolute atomic E-state index is 0.0314. The molecule has 3 heterocycles. The molecule has 2 aliphatic heterocycles. The van der Waals surface area contributed by atoms with Crippen LogP contribution in [-0.4, -0.2) is 44.2 Å². The Morgan fingerprint density at radius 1 is 1.40 bits per heavy atom. The molecule has 6 heteroatoms. The van der Waals surface area contributed by atoms with Crippen LogP contribution in [0, 0.1) is 0 Å². The van der Waals surface area contributed by atoms with Gasteiger partial charge in [0.05, 0.1) is 6.10 Å². The number of aliphatic hydroxyl groups is 1. The highest BCUT2D eigenvalue weighted by molar-refractivity contribution is 5.95. The molecule has 1 aromatic heterocycles. The summed E-state index contributed by atoms with van der Waals surface area (Å²) in [6.45, 7) is 0.830.